The Labute approximate surface area is 103 Å². The Hall–Kier alpha value is -1.22. The minimum absolute atomic E-state index is 0.287. The van der Waals surface area contributed by atoms with E-state index in [2.05, 4.69) is 34.5 Å². The molecular formula is C14H22N2O. The molecule has 2 N–H and O–H groups in total. The van der Waals surface area contributed by atoms with Crippen molar-refractivity contribution < 1.29 is 5.11 Å². The van der Waals surface area contributed by atoms with Gasteiger partial charge in [-0.1, -0.05) is 0 Å². The summed E-state index contributed by atoms with van der Waals surface area (Å²) in [5, 5.41) is 12.1. The third-order valence-corrected chi connectivity index (χ3v) is 3.25. The van der Waals surface area contributed by atoms with Crippen LogP contribution in [-0.4, -0.2) is 31.3 Å². The van der Waals surface area contributed by atoms with Gasteiger partial charge in [0, 0.05) is 37.6 Å². The third-order valence-electron chi connectivity index (χ3n) is 3.25. The van der Waals surface area contributed by atoms with Crippen LogP contribution in [-0.2, 0) is 0 Å². The minimum atomic E-state index is 0.287. The third kappa shape index (κ3) is 3.63. The van der Waals surface area contributed by atoms with E-state index < -0.39 is 0 Å². The monoisotopic (exact) mass is 234 g/mol. The fraction of sp³-hybridized carbons (Fsp3) is 0.571. The first-order valence-corrected chi connectivity index (χ1v) is 6.60. The van der Waals surface area contributed by atoms with Crippen molar-refractivity contribution in [3.8, 4) is 0 Å². The predicted octanol–water partition coefficient (Wildman–Crippen LogP) is 2.47. The van der Waals surface area contributed by atoms with Crippen LogP contribution in [0.15, 0.2) is 24.3 Å². The highest BCUT2D eigenvalue weighted by molar-refractivity contribution is 5.55. The number of hydrogen-bond acceptors (Lipinski definition) is 3. The summed E-state index contributed by atoms with van der Waals surface area (Å²) in [5.41, 5.74) is 2.51. The molecule has 0 amide bonds. The molecule has 1 heterocycles. The highest BCUT2D eigenvalue weighted by Crippen LogP contribution is 2.21. The van der Waals surface area contributed by atoms with E-state index in [1.807, 2.05) is 0 Å². The summed E-state index contributed by atoms with van der Waals surface area (Å²) in [5.74, 6) is 0. The summed E-state index contributed by atoms with van der Waals surface area (Å²) in [4.78, 5) is 2.44. The molecule has 0 spiro atoms. The van der Waals surface area contributed by atoms with Crippen LogP contribution in [0, 0.1) is 0 Å². The first-order valence-electron chi connectivity index (χ1n) is 6.60. The van der Waals surface area contributed by atoms with Crippen LogP contribution < -0.4 is 10.2 Å². The van der Waals surface area contributed by atoms with E-state index in [-0.39, 0.29) is 6.61 Å². The second kappa shape index (κ2) is 6.50. The second-order valence-electron chi connectivity index (χ2n) is 4.60. The van der Waals surface area contributed by atoms with E-state index in [0.29, 0.717) is 0 Å². The molecular weight excluding hydrogens is 212 g/mol. The lowest BCUT2D eigenvalue weighted by Crippen LogP contribution is -2.17. The largest absolute Gasteiger partial charge is 0.396 e. The van der Waals surface area contributed by atoms with Crippen LogP contribution in [0.3, 0.4) is 0 Å². The van der Waals surface area contributed by atoms with E-state index in [1.54, 1.807) is 0 Å². The Morgan fingerprint density at radius 1 is 1.06 bits per heavy atom. The van der Waals surface area contributed by atoms with Gasteiger partial charge in [-0.25, -0.2) is 0 Å². The van der Waals surface area contributed by atoms with Crippen molar-refractivity contribution in [3.05, 3.63) is 24.3 Å². The summed E-state index contributed by atoms with van der Waals surface area (Å²) in [6.45, 7) is 3.62. The maximum Gasteiger partial charge on any atom is 0.0431 e. The van der Waals surface area contributed by atoms with Crippen molar-refractivity contribution in [2.24, 2.45) is 0 Å². The first-order chi connectivity index (χ1) is 8.40. The number of benzene rings is 1. The topological polar surface area (TPSA) is 35.5 Å². The number of hydrogen-bond donors (Lipinski definition) is 2. The van der Waals surface area contributed by atoms with Gasteiger partial charge in [-0.15, -0.1) is 0 Å². The van der Waals surface area contributed by atoms with Crippen molar-refractivity contribution in [2.45, 2.75) is 25.7 Å². The lowest BCUT2D eigenvalue weighted by Gasteiger charge is -2.18. The van der Waals surface area contributed by atoms with E-state index >= 15 is 0 Å². The Balaban J connectivity index is 1.80. The van der Waals surface area contributed by atoms with Gasteiger partial charge in [-0.3, -0.25) is 0 Å². The van der Waals surface area contributed by atoms with Crippen molar-refractivity contribution in [1.29, 1.82) is 0 Å². The maximum absolute atomic E-state index is 8.69. The zero-order valence-corrected chi connectivity index (χ0v) is 10.4. The number of aliphatic hydroxyl groups excluding tert-OH is 1. The van der Waals surface area contributed by atoms with Gasteiger partial charge in [0.25, 0.3) is 0 Å². The molecule has 0 radical (unpaired) electrons. The average molecular weight is 234 g/mol. The van der Waals surface area contributed by atoms with Gasteiger partial charge in [-0.2, -0.15) is 0 Å². The molecule has 0 aromatic heterocycles. The highest BCUT2D eigenvalue weighted by atomic mass is 16.2. The van der Waals surface area contributed by atoms with Gasteiger partial charge in [0.1, 0.15) is 0 Å². The van der Waals surface area contributed by atoms with Crippen LogP contribution in [0.25, 0.3) is 0 Å². The van der Waals surface area contributed by atoms with Crippen molar-refractivity contribution >= 4 is 11.4 Å². The number of nitrogens with zero attached hydrogens (tertiary/aromatic N) is 1. The summed E-state index contributed by atoms with van der Waals surface area (Å²) in [7, 11) is 0. The lowest BCUT2D eigenvalue weighted by atomic mass is 10.2. The van der Waals surface area contributed by atoms with Gasteiger partial charge in [0.15, 0.2) is 0 Å². The molecule has 3 nitrogen and oxygen atoms in total. The lowest BCUT2D eigenvalue weighted by molar-refractivity contribution is 0.286. The predicted molar refractivity (Wildman–Crippen MR) is 72.7 cm³/mol. The van der Waals surface area contributed by atoms with Gasteiger partial charge in [0.05, 0.1) is 0 Å². The summed E-state index contributed by atoms with van der Waals surface area (Å²) in [6, 6.07) is 8.68. The number of rotatable bonds is 6. The minimum Gasteiger partial charge on any atom is -0.396 e. The number of aliphatic hydroxyl groups is 1. The summed E-state index contributed by atoms with van der Waals surface area (Å²) >= 11 is 0. The second-order valence-corrected chi connectivity index (χ2v) is 4.60. The zero-order valence-electron chi connectivity index (χ0n) is 10.4. The Bertz CT molecular complexity index is 317. The van der Waals surface area contributed by atoms with Crippen LogP contribution in [0.1, 0.15) is 25.7 Å². The first kappa shape index (κ1) is 12.2. The Morgan fingerprint density at radius 2 is 1.76 bits per heavy atom. The average Bonchev–Trinajstić information content (AvgIpc) is 2.89. The van der Waals surface area contributed by atoms with Gasteiger partial charge in [0.2, 0.25) is 0 Å². The van der Waals surface area contributed by atoms with Crippen molar-refractivity contribution in [1.82, 2.24) is 0 Å². The highest BCUT2D eigenvalue weighted by Gasteiger charge is 2.11. The molecule has 3 heteroatoms. The molecule has 17 heavy (non-hydrogen) atoms. The van der Waals surface area contributed by atoms with Gasteiger partial charge >= 0.3 is 0 Å². The smallest absolute Gasteiger partial charge is 0.0431 e. The number of unbranched alkanes of at least 4 members (excludes halogenated alkanes) is 1. The van der Waals surface area contributed by atoms with E-state index in [9.17, 15) is 0 Å². The molecule has 1 aliphatic rings. The Kier molecular flexibility index (Phi) is 4.68. The number of nitrogens with one attached hydrogen (secondary N) is 1. The molecule has 0 bridgehead atoms. The van der Waals surface area contributed by atoms with Crippen LogP contribution in [0.4, 0.5) is 11.4 Å². The maximum atomic E-state index is 8.69. The van der Waals surface area contributed by atoms with E-state index in [4.69, 9.17) is 5.11 Å². The Morgan fingerprint density at radius 3 is 2.41 bits per heavy atom. The summed E-state index contributed by atoms with van der Waals surface area (Å²) in [6.07, 6.45) is 4.53. The summed E-state index contributed by atoms with van der Waals surface area (Å²) < 4.78 is 0. The van der Waals surface area contributed by atoms with Crippen molar-refractivity contribution in [3.63, 3.8) is 0 Å². The standard InChI is InChI=1S/C14H22N2O/c17-12-4-1-9-15-13-5-7-14(8-6-13)16-10-2-3-11-16/h5-8,15,17H,1-4,9-12H2. The van der Waals surface area contributed by atoms with E-state index in [1.165, 1.54) is 37.3 Å². The normalized spacial score (nSPS) is 15.2. The van der Waals surface area contributed by atoms with E-state index in [0.717, 1.165) is 19.4 Å². The number of anilines is 2. The van der Waals surface area contributed by atoms with Gasteiger partial charge in [-0.05, 0) is 49.9 Å². The zero-order chi connectivity index (χ0) is 11.9. The molecule has 0 saturated carbocycles. The quantitative estimate of drug-likeness (QED) is 0.742. The molecule has 1 aromatic carbocycles. The molecule has 2 rings (SSSR count). The molecule has 0 unspecified atom stereocenters. The van der Waals surface area contributed by atoms with Crippen LogP contribution >= 0.6 is 0 Å². The molecule has 1 aromatic rings. The fourth-order valence-corrected chi connectivity index (χ4v) is 2.23. The van der Waals surface area contributed by atoms with Crippen LogP contribution in [0.5, 0.6) is 0 Å². The van der Waals surface area contributed by atoms with Gasteiger partial charge < -0.3 is 15.3 Å². The molecule has 0 atom stereocenters. The van der Waals surface area contributed by atoms with Crippen molar-refractivity contribution in [2.75, 3.05) is 36.5 Å². The fourth-order valence-electron chi connectivity index (χ4n) is 2.23. The molecule has 1 saturated heterocycles. The molecule has 1 fully saturated rings. The molecule has 94 valence electrons. The molecule has 0 aliphatic carbocycles. The SMILES string of the molecule is OCCCCNc1ccc(N2CCCC2)cc1. The van der Waals surface area contributed by atoms with Crippen LogP contribution in [0.2, 0.25) is 0 Å². The molecule has 1 aliphatic heterocycles.